The number of hydrogen-bond donors (Lipinski definition) is 1. The molecule has 2 nitrogen and oxygen atoms in total. The smallest absolute Gasteiger partial charge is 0.0151 e. The predicted molar refractivity (Wildman–Crippen MR) is 73.2 cm³/mol. The van der Waals surface area contributed by atoms with E-state index in [1.165, 1.54) is 51.4 Å². The molecule has 0 saturated carbocycles. The summed E-state index contributed by atoms with van der Waals surface area (Å²) >= 11 is 0. The summed E-state index contributed by atoms with van der Waals surface area (Å²) in [5.41, 5.74) is 0. The standard InChI is InChI=1S/C14H32N2/c1-4-5-6-7-8-9-10-11-12-16(15)13-14(2)3/h14H,4-13,15H2,1-3H3. The number of nitrogens with zero attached hydrogens (tertiary/aromatic N) is 1. The van der Waals surface area contributed by atoms with E-state index in [1.54, 1.807) is 0 Å². The van der Waals surface area contributed by atoms with Crippen molar-refractivity contribution in [3.05, 3.63) is 0 Å². The minimum atomic E-state index is 0.680. The third kappa shape index (κ3) is 12.0. The summed E-state index contributed by atoms with van der Waals surface area (Å²) in [5.74, 6) is 6.57. The van der Waals surface area contributed by atoms with Crippen molar-refractivity contribution in [2.45, 2.75) is 72.1 Å². The van der Waals surface area contributed by atoms with Crippen LogP contribution in [0.25, 0.3) is 0 Å². The van der Waals surface area contributed by atoms with Crippen LogP contribution >= 0.6 is 0 Å². The van der Waals surface area contributed by atoms with Crippen LogP contribution in [0.5, 0.6) is 0 Å². The van der Waals surface area contributed by atoms with E-state index in [0.29, 0.717) is 5.92 Å². The summed E-state index contributed by atoms with van der Waals surface area (Å²) in [6.45, 7) is 8.79. The summed E-state index contributed by atoms with van der Waals surface area (Å²) in [6, 6.07) is 0. The van der Waals surface area contributed by atoms with E-state index in [0.717, 1.165) is 13.1 Å². The molecule has 0 amide bonds. The number of hydrogen-bond acceptors (Lipinski definition) is 2. The highest BCUT2D eigenvalue weighted by molar-refractivity contribution is 4.53. The van der Waals surface area contributed by atoms with E-state index < -0.39 is 0 Å². The fourth-order valence-electron chi connectivity index (χ4n) is 2.01. The lowest BCUT2D eigenvalue weighted by molar-refractivity contribution is 0.245. The van der Waals surface area contributed by atoms with E-state index in [9.17, 15) is 0 Å². The minimum Gasteiger partial charge on any atom is -0.269 e. The van der Waals surface area contributed by atoms with Crippen LogP contribution in [-0.2, 0) is 0 Å². The van der Waals surface area contributed by atoms with Crippen molar-refractivity contribution < 1.29 is 0 Å². The van der Waals surface area contributed by atoms with Crippen molar-refractivity contribution in [3.8, 4) is 0 Å². The van der Waals surface area contributed by atoms with Gasteiger partial charge in [0.25, 0.3) is 0 Å². The first-order chi connectivity index (χ1) is 7.66. The third-order valence-electron chi connectivity index (χ3n) is 2.90. The highest BCUT2D eigenvalue weighted by Crippen LogP contribution is 2.08. The zero-order valence-electron chi connectivity index (χ0n) is 11.7. The van der Waals surface area contributed by atoms with Gasteiger partial charge < -0.3 is 0 Å². The molecule has 16 heavy (non-hydrogen) atoms. The van der Waals surface area contributed by atoms with Crippen LogP contribution in [0.2, 0.25) is 0 Å². The van der Waals surface area contributed by atoms with Gasteiger partial charge in [0.2, 0.25) is 0 Å². The van der Waals surface area contributed by atoms with Crippen LogP contribution < -0.4 is 5.84 Å². The first-order valence-electron chi connectivity index (χ1n) is 7.16. The molecule has 2 N–H and O–H groups in total. The van der Waals surface area contributed by atoms with E-state index in [1.807, 2.05) is 5.01 Å². The maximum Gasteiger partial charge on any atom is 0.0151 e. The average molecular weight is 228 g/mol. The molecule has 0 fully saturated rings. The predicted octanol–water partition coefficient (Wildman–Crippen LogP) is 3.96. The fraction of sp³-hybridized carbons (Fsp3) is 1.00. The number of nitrogens with two attached hydrogens (primary N) is 1. The van der Waals surface area contributed by atoms with Crippen LogP contribution in [0.3, 0.4) is 0 Å². The highest BCUT2D eigenvalue weighted by Gasteiger charge is 2.01. The maximum absolute atomic E-state index is 5.89. The van der Waals surface area contributed by atoms with Gasteiger partial charge in [-0.2, -0.15) is 0 Å². The fourth-order valence-corrected chi connectivity index (χ4v) is 2.01. The molecule has 0 bridgehead atoms. The molecule has 0 rings (SSSR count). The van der Waals surface area contributed by atoms with Crippen molar-refractivity contribution in [2.75, 3.05) is 13.1 Å². The Hall–Kier alpha value is -0.0800. The van der Waals surface area contributed by atoms with Crippen LogP contribution in [-0.4, -0.2) is 18.1 Å². The Morgan fingerprint density at radius 1 is 0.875 bits per heavy atom. The molecule has 0 aliphatic heterocycles. The average Bonchev–Trinajstić information content (AvgIpc) is 2.21. The molecule has 0 aliphatic carbocycles. The molecular weight excluding hydrogens is 196 g/mol. The lowest BCUT2D eigenvalue weighted by Gasteiger charge is -2.18. The minimum absolute atomic E-state index is 0.680. The SMILES string of the molecule is CCCCCCCCCCN(N)CC(C)C. The van der Waals surface area contributed by atoms with Gasteiger partial charge >= 0.3 is 0 Å². The molecule has 0 aromatic heterocycles. The number of rotatable bonds is 11. The molecule has 0 spiro atoms. The Bertz CT molecular complexity index is 135. The summed E-state index contributed by atoms with van der Waals surface area (Å²) in [4.78, 5) is 0. The molecule has 0 aromatic carbocycles. The number of hydrazine groups is 1. The van der Waals surface area contributed by atoms with E-state index in [2.05, 4.69) is 20.8 Å². The molecule has 0 aliphatic rings. The first-order valence-corrected chi connectivity index (χ1v) is 7.16. The second kappa shape index (κ2) is 11.4. The lowest BCUT2D eigenvalue weighted by Crippen LogP contribution is -2.35. The van der Waals surface area contributed by atoms with Gasteiger partial charge in [0.05, 0.1) is 0 Å². The molecule has 0 radical (unpaired) electrons. The van der Waals surface area contributed by atoms with Gasteiger partial charge in [-0.1, -0.05) is 65.7 Å². The second-order valence-corrected chi connectivity index (χ2v) is 5.36. The maximum atomic E-state index is 5.89. The van der Waals surface area contributed by atoms with Crippen molar-refractivity contribution >= 4 is 0 Å². The molecule has 0 atom stereocenters. The van der Waals surface area contributed by atoms with Gasteiger partial charge in [0, 0.05) is 13.1 Å². The molecular formula is C14H32N2. The first kappa shape index (κ1) is 15.9. The van der Waals surface area contributed by atoms with Gasteiger partial charge in [0.15, 0.2) is 0 Å². The van der Waals surface area contributed by atoms with Crippen LogP contribution in [0.4, 0.5) is 0 Å². The van der Waals surface area contributed by atoms with Crippen LogP contribution in [0.15, 0.2) is 0 Å². The van der Waals surface area contributed by atoms with Gasteiger partial charge in [-0.15, -0.1) is 0 Å². The lowest BCUT2D eigenvalue weighted by atomic mass is 10.1. The third-order valence-corrected chi connectivity index (χ3v) is 2.90. The molecule has 98 valence electrons. The van der Waals surface area contributed by atoms with Crippen LogP contribution in [0.1, 0.15) is 72.1 Å². The zero-order chi connectivity index (χ0) is 12.2. The molecule has 0 heterocycles. The Morgan fingerprint density at radius 2 is 1.38 bits per heavy atom. The largest absolute Gasteiger partial charge is 0.269 e. The zero-order valence-corrected chi connectivity index (χ0v) is 11.7. The number of unbranched alkanes of at least 4 members (excludes halogenated alkanes) is 7. The van der Waals surface area contributed by atoms with E-state index >= 15 is 0 Å². The Balaban J connectivity index is 3.08. The van der Waals surface area contributed by atoms with E-state index in [-0.39, 0.29) is 0 Å². The molecule has 0 saturated heterocycles. The Labute approximate surface area is 103 Å². The van der Waals surface area contributed by atoms with Gasteiger partial charge in [-0.05, 0) is 12.3 Å². The van der Waals surface area contributed by atoms with Crippen molar-refractivity contribution in [1.29, 1.82) is 0 Å². The van der Waals surface area contributed by atoms with Gasteiger partial charge in [0.1, 0.15) is 0 Å². The molecule has 0 unspecified atom stereocenters. The van der Waals surface area contributed by atoms with Crippen molar-refractivity contribution in [2.24, 2.45) is 11.8 Å². The summed E-state index contributed by atoms with van der Waals surface area (Å²) in [5, 5.41) is 1.97. The molecule has 2 heteroatoms. The van der Waals surface area contributed by atoms with E-state index in [4.69, 9.17) is 5.84 Å². The van der Waals surface area contributed by atoms with Crippen LogP contribution in [0, 0.1) is 5.92 Å². The Kier molecular flexibility index (Phi) is 11.3. The highest BCUT2D eigenvalue weighted by atomic mass is 15.4. The van der Waals surface area contributed by atoms with Gasteiger partial charge in [-0.25, -0.2) is 5.01 Å². The van der Waals surface area contributed by atoms with Crippen molar-refractivity contribution in [3.63, 3.8) is 0 Å². The monoisotopic (exact) mass is 228 g/mol. The van der Waals surface area contributed by atoms with Gasteiger partial charge in [-0.3, -0.25) is 5.84 Å². The second-order valence-electron chi connectivity index (χ2n) is 5.36. The van der Waals surface area contributed by atoms with Crippen molar-refractivity contribution in [1.82, 2.24) is 5.01 Å². The normalized spacial score (nSPS) is 11.6. The molecule has 0 aromatic rings. The summed E-state index contributed by atoms with van der Waals surface area (Å²) in [6.07, 6.45) is 11.0. The quantitative estimate of drug-likeness (QED) is 0.329. The summed E-state index contributed by atoms with van der Waals surface area (Å²) < 4.78 is 0. The topological polar surface area (TPSA) is 29.3 Å². The Morgan fingerprint density at radius 3 is 1.88 bits per heavy atom. The summed E-state index contributed by atoms with van der Waals surface area (Å²) in [7, 11) is 0.